The number of rotatable bonds is 5. The Hall–Kier alpha value is -3.26. The van der Waals surface area contributed by atoms with E-state index in [1.165, 1.54) is 28.5 Å². The maximum atomic E-state index is 13.4. The Morgan fingerprint density at radius 3 is 2.29 bits per heavy atom. The highest BCUT2D eigenvalue weighted by atomic mass is 32.2. The number of hydrogen-bond donors (Lipinski definition) is 2. The average molecular weight is 609 g/mol. The van der Waals surface area contributed by atoms with E-state index in [4.69, 9.17) is 9.90 Å². The SMILES string of the molecule is Cc1cccc(-c2ccc([C@@H]3[C@@H](CO)N4CCCCN(S(=O)(=O)c5nccn5C)C[C@@H]34)cc2)c1C.O=C(O)C(F)(F)F. The van der Waals surface area contributed by atoms with Crippen molar-refractivity contribution < 1.29 is 36.6 Å². The van der Waals surface area contributed by atoms with Crippen molar-refractivity contribution in [2.24, 2.45) is 7.05 Å². The molecule has 3 heterocycles. The Labute approximate surface area is 243 Å². The maximum Gasteiger partial charge on any atom is 0.490 e. The number of carboxylic acid groups (broad SMARTS) is 1. The summed E-state index contributed by atoms with van der Waals surface area (Å²) in [5, 5.41) is 17.4. The van der Waals surface area contributed by atoms with Gasteiger partial charge in [-0.15, -0.1) is 0 Å². The molecule has 9 nitrogen and oxygen atoms in total. The number of hydrogen-bond acceptors (Lipinski definition) is 6. The first-order chi connectivity index (χ1) is 19.8. The summed E-state index contributed by atoms with van der Waals surface area (Å²) in [6, 6.07) is 15.0. The summed E-state index contributed by atoms with van der Waals surface area (Å²) < 4.78 is 61.8. The van der Waals surface area contributed by atoms with E-state index in [1.807, 2.05) is 0 Å². The van der Waals surface area contributed by atoms with Gasteiger partial charge >= 0.3 is 12.1 Å². The molecule has 2 fully saturated rings. The highest BCUT2D eigenvalue weighted by molar-refractivity contribution is 7.89. The van der Waals surface area contributed by atoms with Crippen LogP contribution in [0.4, 0.5) is 13.2 Å². The predicted molar refractivity (Wildman–Crippen MR) is 150 cm³/mol. The zero-order chi connectivity index (χ0) is 30.8. The first-order valence-corrected chi connectivity index (χ1v) is 15.0. The second-order valence-electron chi connectivity index (χ2n) is 10.6. The molecule has 2 aliphatic heterocycles. The number of fused-ring (bicyclic) bond motifs is 1. The molecule has 0 radical (unpaired) electrons. The van der Waals surface area contributed by atoms with E-state index in [0.29, 0.717) is 13.1 Å². The van der Waals surface area contributed by atoms with Gasteiger partial charge in [-0.1, -0.05) is 42.5 Å². The number of carbonyl (C=O) groups is 1. The summed E-state index contributed by atoms with van der Waals surface area (Å²) in [6.07, 6.45) is -0.207. The summed E-state index contributed by atoms with van der Waals surface area (Å²) in [4.78, 5) is 15.3. The smallest absolute Gasteiger partial charge is 0.475 e. The minimum Gasteiger partial charge on any atom is -0.475 e. The van der Waals surface area contributed by atoms with Gasteiger partial charge in [-0.3, -0.25) is 4.90 Å². The van der Waals surface area contributed by atoms with Gasteiger partial charge in [-0.25, -0.2) is 18.2 Å². The molecule has 0 spiro atoms. The van der Waals surface area contributed by atoms with Crippen LogP contribution >= 0.6 is 0 Å². The fourth-order valence-electron chi connectivity index (χ4n) is 5.79. The molecule has 13 heteroatoms. The van der Waals surface area contributed by atoms with Crippen LogP contribution in [0.2, 0.25) is 0 Å². The van der Waals surface area contributed by atoms with Crippen LogP contribution in [0.25, 0.3) is 11.1 Å². The highest BCUT2D eigenvalue weighted by Gasteiger charge is 2.50. The van der Waals surface area contributed by atoms with E-state index in [1.54, 1.807) is 22.1 Å². The van der Waals surface area contributed by atoms with Crippen LogP contribution in [0.15, 0.2) is 60.0 Å². The quantitative estimate of drug-likeness (QED) is 0.451. The van der Waals surface area contributed by atoms with Crippen molar-refractivity contribution in [2.75, 3.05) is 26.2 Å². The molecule has 228 valence electrons. The van der Waals surface area contributed by atoms with E-state index in [9.17, 15) is 26.7 Å². The Morgan fingerprint density at radius 2 is 1.71 bits per heavy atom. The molecular weight excluding hydrogens is 573 g/mol. The molecule has 2 aliphatic rings. The van der Waals surface area contributed by atoms with Crippen molar-refractivity contribution >= 4 is 16.0 Å². The molecule has 2 aromatic carbocycles. The number of benzene rings is 2. The standard InChI is InChI=1S/C27H34N4O3S.C2HF3O2/c1-19-7-6-8-23(20(19)2)21-9-11-22(12-10-21)26-24-17-30(14-4-5-15-31(24)25(26)18-32)35(33,34)27-28-13-16-29(27)3;3-2(4,5)1(6)7/h6-13,16,24-26,32H,4-5,14-15,17-18H2,1-3H3;(H,6,7)/t24-,25+,26-;/m0./s1. The number of alkyl halides is 3. The number of aromatic nitrogens is 2. The third-order valence-electron chi connectivity index (χ3n) is 8.13. The fourth-order valence-corrected chi connectivity index (χ4v) is 7.36. The highest BCUT2D eigenvalue weighted by Crippen LogP contribution is 2.43. The summed E-state index contributed by atoms with van der Waals surface area (Å²) in [7, 11) is -1.99. The van der Waals surface area contributed by atoms with E-state index in [0.717, 1.165) is 24.9 Å². The second-order valence-corrected chi connectivity index (χ2v) is 12.5. The predicted octanol–water partition coefficient (Wildman–Crippen LogP) is 3.95. The number of sulfonamides is 1. The molecule has 3 aromatic rings. The minimum atomic E-state index is -5.08. The zero-order valence-corrected chi connectivity index (χ0v) is 24.4. The number of imidazole rings is 1. The van der Waals surface area contributed by atoms with E-state index >= 15 is 0 Å². The van der Waals surface area contributed by atoms with Crippen molar-refractivity contribution in [3.63, 3.8) is 0 Å². The number of nitrogens with zero attached hydrogens (tertiary/aromatic N) is 4. The number of aliphatic hydroxyl groups is 1. The third kappa shape index (κ3) is 6.38. The van der Waals surface area contributed by atoms with E-state index < -0.39 is 22.2 Å². The topological polar surface area (TPSA) is 116 Å². The number of aliphatic hydroxyl groups excluding tert-OH is 1. The van der Waals surface area contributed by atoms with Gasteiger partial charge in [0.1, 0.15) is 0 Å². The molecule has 0 amide bonds. The molecule has 42 heavy (non-hydrogen) atoms. The normalized spacial score (nSPS) is 21.7. The molecule has 0 aliphatic carbocycles. The van der Waals surface area contributed by atoms with Crippen molar-refractivity contribution in [3.05, 3.63) is 71.5 Å². The van der Waals surface area contributed by atoms with Gasteiger partial charge in [-0.05, 0) is 61.1 Å². The molecule has 1 aromatic heterocycles. The second kappa shape index (κ2) is 12.5. The average Bonchev–Trinajstić information content (AvgIpc) is 3.36. The molecular formula is C29H35F3N4O5S. The van der Waals surface area contributed by atoms with Crippen LogP contribution in [-0.4, -0.2) is 87.9 Å². The lowest BCUT2D eigenvalue weighted by Gasteiger charge is -2.57. The van der Waals surface area contributed by atoms with Gasteiger partial charge in [-0.2, -0.15) is 17.5 Å². The molecule has 3 atom stereocenters. The van der Waals surface area contributed by atoms with Crippen molar-refractivity contribution in [1.82, 2.24) is 18.8 Å². The molecule has 0 bridgehead atoms. The van der Waals surface area contributed by atoms with Gasteiger partial charge in [0.05, 0.1) is 6.61 Å². The summed E-state index contributed by atoms with van der Waals surface area (Å²) in [5.41, 5.74) is 6.09. The van der Waals surface area contributed by atoms with Crippen LogP contribution in [0.1, 0.15) is 35.4 Å². The Bertz CT molecular complexity index is 1510. The summed E-state index contributed by atoms with van der Waals surface area (Å²) >= 11 is 0. The molecule has 2 N–H and O–H groups in total. The largest absolute Gasteiger partial charge is 0.490 e. The van der Waals surface area contributed by atoms with Gasteiger partial charge in [0, 0.05) is 50.5 Å². The molecule has 5 rings (SSSR count). The molecule has 0 unspecified atom stereocenters. The van der Waals surface area contributed by atoms with Crippen LogP contribution in [-0.2, 0) is 21.9 Å². The van der Waals surface area contributed by atoms with E-state index in [-0.39, 0.29) is 29.8 Å². The molecule has 2 saturated heterocycles. The van der Waals surface area contributed by atoms with Crippen LogP contribution in [0.3, 0.4) is 0 Å². The first kappa shape index (κ1) is 31.7. The van der Waals surface area contributed by atoms with Gasteiger partial charge in [0.15, 0.2) is 0 Å². The number of carboxylic acids is 1. The van der Waals surface area contributed by atoms with Crippen LogP contribution < -0.4 is 0 Å². The minimum absolute atomic E-state index is 0.00220. The van der Waals surface area contributed by atoms with Crippen molar-refractivity contribution in [2.45, 2.75) is 56.0 Å². The zero-order valence-electron chi connectivity index (χ0n) is 23.6. The van der Waals surface area contributed by atoms with E-state index in [2.05, 4.69) is 66.2 Å². The van der Waals surface area contributed by atoms with Crippen molar-refractivity contribution in [3.8, 4) is 11.1 Å². The Kier molecular flexibility index (Phi) is 9.46. The Morgan fingerprint density at radius 1 is 1.07 bits per heavy atom. The maximum absolute atomic E-state index is 13.4. The van der Waals surface area contributed by atoms with Gasteiger partial charge < -0.3 is 14.8 Å². The lowest BCUT2D eigenvalue weighted by Crippen LogP contribution is -2.67. The summed E-state index contributed by atoms with van der Waals surface area (Å²) in [6.45, 7) is 6.10. The van der Waals surface area contributed by atoms with Crippen molar-refractivity contribution in [1.29, 1.82) is 0 Å². The number of halogens is 3. The lowest BCUT2D eigenvalue weighted by molar-refractivity contribution is -0.192. The van der Waals surface area contributed by atoms with Crippen LogP contribution in [0.5, 0.6) is 0 Å². The monoisotopic (exact) mass is 608 g/mol. The molecule has 0 saturated carbocycles. The fraction of sp³-hybridized carbons (Fsp3) is 0.448. The van der Waals surface area contributed by atoms with Crippen LogP contribution in [0, 0.1) is 13.8 Å². The first-order valence-electron chi connectivity index (χ1n) is 13.6. The Balaban J connectivity index is 0.000000517. The third-order valence-corrected chi connectivity index (χ3v) is 10.0. The van der Waals surface area contributed by atoms with Gasteiger partial charge in [0.25, 0.3) is 10.0 Å². The summed E-state index contributed by atoms with van der Waals surface area (Å²) in [5.74, 6) is -2.68. The lowest BCUT2D eigenvalue weighted by atomic mass is 9.74. The van der Waals surface area contributed by atoms with Gasteiger partial charge in [0.2, 0.25) is 5.16 Å². The number of aliphatic carboxylic acids is 1. The number of aryl methyl sites for hydroxylation is 2.